The summed E-state index contributed by atoms with van der Waals surface area (Å²) in [4.78, 5) is 23.0. The first kappa shape index (κ1) is 18.1. The maximum atomic E-state index is 13.6. The van der Waals surface area contributed by atoms with Crippen LogP contribution < -0.4 is 10.5 Å². The van der Waals surface area contributed by atoms with Gasteiger partial charge in [-0.2, -0.15) is 0 Å². The zero-order valence-electron chi connectivity index (χ0n) is 14.8. The average molecular weight is 358 g/mol. The summed E-state index contributed by atoms with van der Waals surface area (Å²) in [5.74, 6) is 0.614. The molecule has 0 spiro atoms. The van der Waals surface area contributed by atoms with E-state index in [0.717, 1.165) is 31.4 Å². The van der Waals surface area contributed by atoms with Gasteiger partial charge in [0.05, 0.1) is 30.8 Å². The smallest absolute Gasteiger partial charge is 0.257 e. The fourth-order valence-electron chi connectivity index (χ4n) is 3.36. The van der Waals surface area contributed by atoms with Crippen molar-refractivity contribution in [1.29, 1.82) is 0 Å². The number of carbonyl (C=O) groups is 1. The quantitative estimate of drug-likeness (QED) is 0.909. The summed E-state index contributed by atoms with van der Waals surface area (Å²) in [6, 6.07) is 4.03. The zero-order chi connectivity index (χ0) is 18.5. The van der Waals surface area contributed by atoms with Gasteiger partial charge in [-0.3, -0.25) is 9.78 Å². The zero-order valence-corrected chi connectivity index (χ0v) is 14.8. The molecule has 2 heterocycles. The Bertz CT molecular complexity index is 767. The highest BCUT2D eigenvalue weighted by Gasteiger charge is 2.24. The molecule has 0 radical (unpaired) electrons. The first-order valence-electron chi connectivity index (χ1n) is 8.76. The van der Waals surface area contributed by atoms with Crippen LogP contribution in [0.2, 0.25) is 0 Å². The van der Waals surface area contributed by atoms with Crippen molar-refractivity contribution in [3.63, 3.8) is 0 Å². The molecule has 2 aromatic rings. The minimum absolute atomic E-state index is 0.186. The van der Waals surface area contributed by atoms with Crippen LogP contribution in [0.5, 0.6) is 5.75 Å². The number of hydrogen-bond donors (Lipinski definition) is 1. The highest BCUT2D eigenvalue weighted by atomic mass is 19.1. The number of nitrogens with two attached hydrogens (primary N) is 1. The van der Waals surface area contributed by atoms with Crippen molar-refractivity contribution in [2.45, 2.75) is 25.7 Å². The standard InChI is InChI=1S/C19H23FN4O2/c1-26-17-5-4-14(20)10-16(17)19(25)24-7-2-3-13(6-8-24)9-15-11-23-18(21)12-22-15/h4-5,10-13H,2-3,6-9H2,1H3,(H2,21,23)/t13-/m0/s1. The van der Waals surface area contributed by atoms with Gasteiger partial charge < -0.3 is 15.4 Å². The molecule has 1 aromatic heterocycles. The fraction of sp³-hybridized carbons (Fsp3) is 0.421. The second-order valence-corrected chi connectivity index (χ2v) is 6.57. The van der Waals surface area contributed by atoms with Gasteiger partial charge in [0.15, 0.2) is 0 Å². The van der Waals surface area contributed by atoms with E-state index in [4.69, 9.17) is 10.5 Å². The molecule has 138 valence electrons. The van der Waals surface area contributed by atoms with Crippen LogP contribution in [0.3, 0.4) is 0 Å². The Morgan fingerprint density at radius 2 is 2.15 bits per heavy atom. The van der Waals surface area contributed by atoms with Crippen molar-refractivity contribution in [3.05, 3.63) is 47.7 Å². The third kappa shape index (κ3) is 4.28. The van der Waals surface area contributed by atoms with Gasteiger partial charge in [-0.1, -0.05) is 0 Å². The molecular weight excluding hydrogens is 335 g/mol. The number of carbonyl (C=O) groups excluding carboxylic acids is 1. The van der Waals surface area contributed by atoms with Gasteiger partial charge in [0.25, 0.3) is 5.91 Å². The predicted molar refractivity (Wildman–Crippen MR) is 96.3 cm³/mol. The van der Waals surface area contributed by atoms with E-state index in [1.54, 1.807) is 17.3 Å². The van der Waals surface area contributed by atoms with Crippen LogP contribution in [0.1, 0.15) is 35.3 Å². The van der Waals surface area contributed by atoms with Crippen LogP contribution >= 0.6 is 0 Å². The Kier molecular flexibility index (Phi) is 5.65. The van der Waals surface area contributed by atoms with Gasteiger partial charge >= 0.3 is 0 Å². The summed E-state index contributed by atoms with van der Waals surface area (Å²) in [6.07, 6.45) is 6.87. The first-order valence-corrected chi connectivity index (χ1v) is 8.76. The number of amides is 1. The highest BCUT2D eigenvalue weighted by Crippen LogP contribution is 2.25. The van der Waals surface area contributed by atoms with Crippen molar-refractivity contribution in [3.8, 4) is 5.75 Å². The van der Waals surface area contributed by atoms with Gasteiger partial charge in [0.1, 0.15) is 17.4 Å². The average Bonchev–Trinajstić information content (AvgIpc) is 2.88. The Morgan fingerprint density at radius 3 is 2.88 bits per heavy atom. The summed E-state index contributed by atoms with van der Waals surface area (Å²) in [7, 11) is 1.48. The van der Waals surface area contributed by atoms with Crippen molar-refractivity contribution in [1.82, 2.24) is 14.9 Å². The summed E-state index contributed by atoms with van der Waals surface area (Å²) >= 11 is 0. The number of hydrogen-bond acceptors (Lipinski definition) is 5. The number of nitrogens with zero attached hydrogens (tertiary/aromatic N) is 3. The molecule has 1 aliphatic heterocycles. The lowest BCUT2D eigenvalue weighted by Crippen LogP contribution is -2.32. The van der Waals surface area contributed by atoms with Crippen molar-refractivity contribution < 1.29 is 13.9 Å². The summed E-state index contributed by atoms with van der Waals surface area (Å²) in [6.45, 7) is 1.29. The number of likely N-dealkylation sites (tertiary alicyclic amines) is 1. The van der Waals surface area contributed by atoms with E-state index in [9.17, 15) is 9.18 Å². The fourth-order valence-corrected chi connectivity index (χ4v) is 3.36. The summed E-state index contributed by atoms with van der Waals surface area (Å²) in [5.41, 5.74) is 6.76. The van der Waals surface area contributed by atoms with Gasteiger partial charge in [-0.05, 0) is 49.8 Å². The van der Waals surface area contributed by atoms with Gasteiger partial charge in [0, 0.05) is 13.1 Å². The Hall–Kier alpha value is -2.70. The number of ether oxygens (including phenoxy) is 1. The molecule has 7 heteroatoms. The van der Waals surface area contributed by atoms with Crippen molar-refractivity contribution >= 4 is 11.7 Å². The Labute approximate surface area is 152 Å². The molecule has 0 aliphatic carbocycles. The second kappa shape index (κ2) is 8.12. The largest absolute Gasteiger partial charge is 0.496 e. The molecule has 26 heavy (non-hydrogen) atoms. The van der Waals surface area contributed by atoms with E-state index in [0.29, 0.717) is 30.6 Å². The molecule has 1 atom stereocenters. The summed E-state index contributed by atoms with van der Waals surface area (Å²) < 4.78 is 18.8. The molecule has 0 unspecified atom stereocenters. The maximum Gasteiger partial charge on any atom is 0.257 e. The monoisotopic (exact) mass is 358 g/mol. The van der Waals surface area contributed by atoms with E-state index in [1.807, 2.05) is 0 Å². The lowest BCUT2D eigenvalue weighted by molar-refractivity contribution is 0.0756. The van der Waals surface area contributed by atoms with Gasteiger partial charge in [-0.15, -0.1) is 0 Å². The third-order valence-electron chi connectivity index (χ3n) is 4.75. The maximum absolute atomic E-state index is 13.6. The minimum atomic E-state index is -0.441. The number of anilines is 1. The van der Waals surface area contributed by atoms with Crippen LogP contribution in [0.15, 0.2) is 30.6 Å². The lowest BCUT2D eigenvalue weighted by Gasteiger charge is -2.22. The van der Waals surface area contributed by atoms with Crippen molar-refractivity contribution in [2.75, 3.05) is 25.9 Å². The van der Waals surface area contributed by atoms with Gasteiger partial charge in [0.2, 0.25) is 0 Å². The molecule has 0 saturated carbocycles. The first-order chi connectivity index (χ1) is 12.6. The molecular formula is C19H23FN4O2. The minimum Gasteiger partial charge on any atom is -0.496 e. The van der Waals surface area contributed by atoms with Crippen LogP contribution in [0.25, 0.3) is 0 Å². The molecule has 3 rings (SSSR count). The van der Waals surface area contributed by atoms with E-state index in [2.05, 4.69) is 9.97 Å². The van der Waals surface area contributed by atoms with Crippen molar-refractivity contribution in [2.24, 2.45) is 5.92 Å². The number of halogens is 1. The van der Waals surface area contributed by atoms with E-state index < -0.39 is 5.82 Å². The molecule has 0 bridgehead atoms. The number of aromatic nitrogens is 2. The van der Waals surface area contributed by atoms with E-state index in [-0.39, 0.29) is 11.5 Å². The number of nitrogen functional groups attached to an aromatic ring is 1. The normalized spacial score (nSPS) is 17.6. The van der Waals surface area contributed by atoms with Crippen LogP contribution in [0.4, 0.5) is 10.2 Å². The molecule has 6 nitrogen and oxygen atoms in total. The molecule has 1 saturated heterocycles. The number of rotatable bonds is 4. The topological polar surface area (TPSA) is 81.3 Å². The third-order valence-corrected chi connectivity index (χ3v) is 4.75. The second-order valence-electron chi connectivity index (χ2n) is 6.57. The van der Waals surface area contributed by atoms with E-state index in [1.165, 1.54) is 25.3 Å². The Morgan fingerprint density at radius 1 is 1.31 bits per heavy atom. The molecule has 1 aliphatic rings. The van der Waals surface area contributed by atoms with E-state index >= 15 is 0 Å². The van der Waals surface area contributed by atoms with Gasteiger partial charge in [-0.25, -0.2) is 9.37 Å². The predicted octanol–water partition coefficient (Wildman–Crippen LogP) is 2.69. The lowest BCUT2D eigenvalue weighted by atomic mass is 9.95. The van der Waals surface area contributed by atoms with Crippen LogP contribution in [0, 0.1) is 11.7 Å². The van der Waals surface area contributed by atoms with Crippen LogP contribution in [-0.2, 0) is 6.42 Å². The summed E-state index contributed by atoms with van der Waals surface area (Å²) in [5, 5.41) is 0. The Balaban J connectivity index is 1.65. The number of methoxy groups -OCH3 is 1. The van der Waals surface area contributed by atoms with Crippen LogP contribution in [-0.4, -0.2) is 41.0 Å². The molecule has 1 fully saturated rings. The SMILES string of the molecule is COc1ccc(F)cc1C(=O)N1CCC[C@H](Cc2cnc(N)cn2)CC1. The highest BCUT2D eigenvalue weighted by molar-refractivity contribution is 5.97. The molecule has 1 amide bonds. The number of benzene rings is 1. The molecule has 1 aromatic carbocycles. The molecule has 2 N–H and O–H groups in total.